The van der Waals surface area contributed by atoms with E-state index >= 15 is 0 Å². The lowest BCUT2D eigenvalue weighted by molar-refractivity contribution is -0.138. The second kappa shape index (κ2) is 7.14. The van der Waals surface area contributed by atoms with E-state index in [9.17, 15) is 4.79 Å². The van der Waals surface area contributed by atoms with Crippen LogP contribution in [0.2, 0.25) is 0 Å². The first kappa shape index (κ1) is 15.3. The zero-order chi connectivity index (χ0) is 15.4. The summed E-state index contributed by atoms with van der Waals surface area (Å²) in [7, 11) is 0. The maximum absolute atomic E-state index is 12.6. The third kappa shape index (κ3) is 3.27. The normalized spacial score (nSPS) is 20.2. The number of aryl methyl sites for hydroxylation is 1. The van der Waals surface area contributed by atoms with Crippen molar-refractivity contribution >= 4 is 11.6 Å². The number of anilines is 1. The van der Waals surface area contributed by atoms with Crippen LogP contribution in [0.3, 0.4) is 0 Å². The van der Waals surface area contributed by atoms with Crippen LogP contribution in [0.5, 0.6) is 0 Å². The van der Waals surface area contributed by atoms with Crippen LogP contribution >= 0.6 is 0 Å². The first-order chi connectivity index (χ1) is 10.8. The number of para-hydroxylation sites is 1. The fourth-order valence-corrected chi connectivity index (χ4v) is 3.49. The van der Waals surface area contributed by atoms with Gasteiger partial charge < -0.3 is 14.5 Å². The van der Waals surface area contributed by atoms with Crippen molar-refractivity contribution in [3.8, 4) is 0 Å². The minimum atomic E-state index is 0.184. The van der Waals surface area contributed by atoms with Gasteiger partial charge in [-0.15, -0.1) is 0 Å². The maximum Gasteiger partial charge on any atom is 0.225 e. The molecule has 2 fully saturated rings. The number of piperazine rings is 1. The van der Waals surface area contributed by atoms with Gasteiger partial charge in [-0.05, 0) is 30.9 Å². The SMILES string of the molecule is CCc1ccccc1N1CCN(C(=O)C2CCOCC2)CC1. The first-order valence-electron chi connectivity index (χ1n) is 8.49. The van der Waals surface area contributed by atoms with E-state index in [1.165, 1.54) is 11.3 Å². The molecule has 4 nitrogen and oxygen atoms in total. The van der Waals surface area contributed by atoms with Crippen LogP contribution in [0.1, 0.15) is 25.3 Å². The second-order valence-electron chi connectivity index (χ2n) is 6.18. The Morgan fingerprint density at radius 3 is 2.50 bits per heavy atom. The Morgan fingerprint density at radius 1 is 1.14 bits per heavy atom. The fourth-order valence-electron chi connectivity index (χ4n) is 3.49. The summed E-state index contributed by atoms with van der Waals surface area (Å²) in [6, 6.07) is 8.62. The molecular weight excluding hydrogens is 276 g/mol. The Morgan fingerprint density at radius 2 is 1.82 bits per heavy atom. The molecule has 2 aliphatic rings. The molecule has 0 radical (unpaired) electrons. The van der Waals surface area contributed by atoms with Crippen molar-refractivity contribution in [2.75, 3.05) is 44.3 Å². The molecule has 4 heteroatoms. The minimum Gasteiger partial charge on any atom is -0.381 e. The summed E-state index contributed by atoms with van der Waals surface area (Å²) in [6.45, 7) is 7.23. The van der Waals surface area contributed by atoms with Gasteiger partial charge in [-0.25, -0.2) is 0 Å². The molecule has 1 amide bonds. The van der Waals surface area contributed by atoms with Crippen molar-refractivity contribution in [3.05, 3.63) is 29.8 Å². The molecule has 0 spiro atoms. The van der Waals surface area contributed by atoms with Crippen molar-refractivity contribution in [2.24, 2.45) is 5.92 Å². The van der Waals surface area contributed by atoms with E-state index in [4.69, 9.17) is 4.74 Å². The molecule has 3 rings (SSSR count). The Labute approximate surface area is 133 Å². The summed E-state index contributed by atoms with van der Waals surface area (Å²) in [5.74, 6) is 0.523. The minimum absolute atomic E-state index is 0.184. The van der Waals surface area contributed by atoms with Gasteiger partial charge in [0.2, 0.25) is 5.91 Å². The molecule has 2 heterocycles. The van der Waals surface area contributed by atoms with E-state index in [1.54, 1.807) is 0 Å². The molecule has 1 aromatic carbocycles. The average Bonchev–Trinajstić information content (AvgIpc) is 2.62. The van der Waals surface area contributed by atoms with Crippen molar-refractivity contribution < 1.29 is 9.53 Å². The summed E-state index contributed by atoms with van der Waals surface area (Å²) >= 11 is 0. The standard InChI is InChI=1S/C18H26N2O2/c1-2-15-5-3-4-6-17(15)19-9-11-20(12-10-19)18(21)16-7-13-22-14-8-16/h3-6,16H,2,7-14H2,1H3. The molecule has 0 saturated carbocycles. The van der Waals surface area contributed by atoms with Crippen molar-refractivity contribution in [2.45, 2.75) is 26.2 Å². The number of hydrogen-bond acceptors (Lipinski definition) is 3. The van der Waals surface area contributed by atoms with Gasteiger partial charge in [0.15, 0.2) is 0 Å². The number of amides is 1. The van der Waals surface area contributed by atoms with Crippen LogP contribution in [0.25, 0.3) is 0 Å². The Bertz CT molecular complexity index is 504. The van der Waals surface area contributed by atoms with Gasteiger partial charge >= 0.3 is 0 Å². The highest BCUT2D eigenvalue weighted by Gasteiger charge is 2.29. The summed E-state index contributed by atoms with van der Waals surface area (Å²) in [4.78, 5) is 17.1. The predicted molar refractivity (Wildman–Crippen MR) is 88.2 cm³/mol. The first-order valence-corrected chi connectivity index (χ1v) is 8.49. The Balaban J connectivity index is 1.59. The Hall–Kier alpha value is -1.55. The molecule has 120 valence electrons. The summed E-state index contributed by atoms with van der Waals surface area (Å²) in [5, 5.41) is 0. The van der Waals surface area contributed by atoms with Crippen LogP contribution in [0, 0.1) is 5.92 Å². The Kier molecular flexibility index (Phi) is 4.98. The van der Waals surface area contributed by atoms with Crippen molar-refractivity contribution in [1.82, 2.24) is 4.90 Å². The smallest absolute Gasteiger partial charge is 0.225 e. The lowest BCUT2D eigenvalue weighted by Gasteiger charge is -2.38. The highest BCUT2D eigenvalue weighted by Crippen LogP contribution is 2.24. The van der Waals surface area contributed by atoms with Crippen LogP contribution in [0.15, 0.2) is 24.3 Å². The summed E-state index contributed by atoms with van der Waals surface area (Å²) in [6.07, 6.45) is 2.83. The topological polar surface area (TPSA) is 32.8 Å². The molecule has 2 aliphatic heterocycles. The highest BCUT2D eigenvalue weighted by molar-refractivity contribution is 5.79. The van der Waals surface area contributed by atoms with Gasteiger partial charge in [0.1, 0.15) is 0 Å². The van der Waals surface area contributed by atoms with E-state index in [2.05, 4.69) is 41.0 Å². The second-order valence-corrected chi connectivity index (χ2v) is 6.18. The lowest BCUT2D eigenvalue weighted by atomic mass is 9.98. The van der Waals surface area contributed by atoms with Crippen molar-refractivity contribution in [3.63, 3.8) is 0 Å². The number of benzene rings is 1. The van der Waals surface area contributed by atoms with Crippen LogP contribution < -0.4 is 4.90 Å². The zero-order valence-electron chi connectivity index (χ0n) is 13.5. The third-order valence-electron chi connectivity index (χ3n) is 4.88. The van der Waals surface area contributed by atoms with Gasteiger partial charge in [-0.2, -0.15) is 0 Å². The highest BCUT2D eigenvalue weighted by atomic mass is 16.5. The average molecular weight is 302 g/mol. The number of nitrogens with zero attached hydrogens (tertiary/aromatic N) is 2. The predicted octanol–water partition coefficient (Wildman–Crippen LogP) is 2.32. The molecule has 0 aromatic heterocycles. The van der Waals surface area contributed by atoms with Gasteiger partial charge in [0, 0.05) is 51.0 Å². The molecule has 0 aliphatic carbocycles. The van der Waals surface area contributed by atoms with Gasteiger partial charge in [-0.1, -0.05) is 25.1 Å². The molecule has 0 unspecified atom stereocenters. The third-order valence-corrected chi connectivity index (χ3v) is 4.88. The zero-order valence-corrected chi connectivity index (χ0v) is 13.5. The molecule has 0 bridgehead atoms. The van der Waals surface area contributed by atoms with E-state index in [0.29, 0.717) is 5.91 Å². The van der Waals surface area contributed by atoms with Crippen LogP contribution in [-0.2, 0) is 16.0 Å². The monoisotopic (exact) mass is 302 g/mol. The van der Waals surface area contributed by atoms with Crippen LogP contribution in [0.4, 0.5) is 5.69 Å². The van der Waals surface area contributed by atoms with Gasteiger partial charge in [0.25, 0.3) is 0 Å². The van der Waals surface area contributed by atoms with E-state index in [-0.39, 0.29) is 5.92 Å². The number of hydrogen-bond donors (Lipinski definition) is 0. The number of carbonyl (C=O) groups excluding carboxylic acids is 1. The molecule has 0 N–H and O–H groups in total. The van der Waals surface area contributed by atoms with Gasteiger partial charge in [-0.3, -0.25) is 4.79 Å². The number of carbonyl (C=O) groups is 1. The molecule has 1 aromatic rings. The molecule has 2 saturated heterocycles. The van der Waals surface area contributed by atoms with Crippen LogP contribution in [-0.4, -0.2) is 50.2 Å². The molecule has 22 heavy (non-hydrogen) atoms. The fraction of sp³-hybridized carbons (Fsp3) is 0.611. The van der Waals surface area contributed by atoms with Gasteiger partial charge in [0.05, 0.1) is 0 Å². The maximum atomic E-state index is 12.6. The largest absolute Gasteiger partial charge is 0.381 e. The lowest BCUT2D eigenvalue weighted by Crippen LogP contribution is -2.51. The molecule has 0 atom stereocenters. The quantitative estimate of drug-likeness (QED) is 0.859. The number of rotatable bonds is 3. The van der Waals surface area contributed by atoms with E-state index in [0.717, 1.165) is 58.7 Å². The van der Waals surface area contributed by atoms with E-state index in [1.807, 2.05) is 0 Å². The summed E-state index contributed by atoms with van der Waals surface area (Å²) < 4.78 is 5.36. The van der Waals surface area contributed by atoms with E-state index < -0.39 is 0 Å². The summed E-state index contributed by atoms with van der Waals surface area (Å²) in [5.41, 5.74) is 2.73. The van der Waals surface area contributed by atoms with Crippen molar-refractivity contribution in [1.29, 1.82) is 0 Å². The number of ether oxygens (including phenoxy) is 1. The molecular formula is C18H26N2O2.